The van der Waals surface area contributed by atoms with Gasteiger partial charge in [-0.2, -0.15) is 0 Å². The van der Waals surface area contributed by atoms with Gasteiger partial charge in [0.25, 0.3) is 0 Å². The Morgan fingerprint density at radius 3 is 1.57 bits per heavy atom. The lowest BCUT2D eigenvalue weighted by atomic mass is 10.4. The molecule has 0 radical (unpaired) electrons. The number of hydrogen-bond donors (Lipinski definition) is 4. The summed E-state index contributed by atoms with van der Waals surface area (Å²) in [4.78, 5) is 10.00. The van der Waals surface area contributed by atoms with Gasteiger partial charge < -0.3 is 24.9 Å². The van der Waals surface area contributed by atoms with Crippen LogP contribution < -0.4 is 0 Å². The summed E-state index contributed by atoms with van der Waals surface area (Å²) >= 11 is 0. The van der Waals surface area contributed by atoms with Gasteiger partial charge in [-0.25, -0.2) is 4.79 Å². The Morgan fingerprint density at radius 1 is 1.21 bits per heavy atom. The SMILES string of the molecule is C[N+](C)(C)CC(=O)O.OCC(O)CO. The van der Waals surface area contributed by atoms with Gasteiger partial charge in [-0.1, -0.05) is 0 Å². The number of quaternary nitrogens is 1. The Kier molecular flexibility index (Phi) is 8.66. The lowest BCUT2D eigenvalue weighted by Crippen LogP contribution is -2.39. The van der Waals surface area contributed by atoms with Crippen molar-refractivity contribution < 1.29 is 29.7 Å². The standard InChI is InChI=1S/C5H11NO2.C3H8O3/c1-6(2,3)4-5(7)8;4-1-3(6)2-5/h4H2,1-3H3;3-6H,1-2H2/p+1. The number of carboxylic acids is 1. The van der Waals surface area contributed by atoms with Gasteiger partial charge in [-0.15, -0.1) is 0 Å². The average Bonchev–Trinajstić information content (AvgIpc) is 1.99. The van der Waals surface area contributed by atoms with Crippen LogP contribution in [0.25, 0.3) is 0 Å². The molecule has 6 nitrogen and oxygen atoms in total. The predicted octanol–water partition coefficient (Wildman–Crippen LogP) is -1.89. The predicted molar refractivity (Wildman–Crippen MR) is 50.7 cm³/mol. The molecule has 0 rings (SSSR count). The van der Waals surface area contributed by atoms with Crippen molar-refractivity contribution in [1.29, 1.82) is 0 Å². The second-order valence-corrected chi connectivity index (χ2v) is 3.86. The molecule has 0 fully saturated rings. The zero-order valence-corrected chi connectivity index (χ0v) is 8.84. The highest BCUT2D eigenvalue weighted by atomic mass is 16.4. The molecule has 0 aliphatic rings. The molecule has 0 amide bonds. The van der Waals surface area contributed by atoms with Crippen LogP contribution in [0, 0.1) is 0 Å². The van der Waals surface area contributed by atoms with Crippen LogP contribution >= 0.6 is 0 Å². The molecule has 0 atom stereocenters. The summed E-state index contributed by atoms with van der Waals surface area (Å²) in [7, 11) is 5.52. The van der Waals surface area contributed by atoms with Crippen molar-refractivity contribution in [2.75, 3.05) is 40.9 Å². The largest absolute Gasteiger partial charge is 0.477 e. The minimum Gasteiger partial charge on any atom is -0.477 e. The van der Waals surface area contributed by atoms with E-state index in [0.29, 0.717) is 4.48 Å². The van der Waals surface area contributed by atoms with Crippen molar-refractivity contribution in [3.05, 3.63) is 0 Å². The molecule has 0 unspecified atom stereocenters. The van der Waals surface area contributed by atoms with E-state index in [4.69, 9.17) is 20.4 Å². The van der Waals surface area contributed by atoms with Crippen LogP contribution in [0.2, 0.25) is 0 Å². The summed E-state index contributed by atoms with van der Waals surface area (Å²) < 4.78 is 0.481. The highest BCUT2D eigenvalue weighted by molar-refractivity contribution is 5.67. The summed E-state index contributed by atoms with van der Waals surface area (Å²) in [5.74, 6) is -0.752. The Bertz CT molecular complexity index is 150. The molecule has 86 valence electrons. The third kappa shape index (κ3) is 17.4. The summed E-state index contributed by atoms with van der Waals surface area (Å²) in [6.07, 6.45) is -0.954. The van der Waals surface area contributed by atoms with Crippen LogP contribution in [0.5, 0.6) is 0 Å². The fourth-order valence-electron chi connectivity index (χ4n) is 0.464. The van der Waals surface area contributed by atoms with Gasteiger partial charge in [0.15, 0.2) is 6.54 Å². The zero-order chi connectivity index (χ0) is 11.8. The smallest absolute Gasteiger partial charge is 0.359 e. The van der Waals surface area contributed by atoms with Crippen molar-refractivity contribution in [2.24, 2.45) is 0 Å². The van der Waals surface area contributed by atoms with E-state index < -0.39 is 12.1 Å². The van der Waals surface area contributed by atoms with Crippen molar-refractivity contribution in [3.63, 3.8) is 0 Å². The highest BCUT2D eigenvalue weighted by Gasteiger charge is 2.11. The van der Waals surface area contributed by atoms with Gasteiger partial charge in [-0.05, 0) is 0 Å². The Morgan fingerprint density at radius 2 is 1.57 bits per heavy atom. The molecule has 0 aliphatic carbocycles. The molecule has 0 aromatic rings. The van der Waals surface area contributed by atoms with Crippen LogP contribution in [0.15, 0.2) is 0 Å². The van der Waals surface area contributed by atoms with E-state index in [9.17, 15) is 4.79 Å². The van der Waals surface area contributed by atoms with Crippen molar-refractivity contribution in [3.8, 4) is 0 Å². The first-order valence-electron chi connectivity index (χ1n) is 4.15. The van der Waals surface area contributed by atoms with E-state index >= 15 is 0 Å². The first-order valence-corrected chi connectivity index (χ1v) is 4.15. The molecule has 4 N–H and O–H groups in total. The first kappa shape index (κ1) is 15.8. The summed E-state index contributed by atoms with van der Waals surface area (Å²) in [6, 6.07) is 0. The summed E-state index contributed by atoms with van der Waals surface area (Å²) in [5, 5.41) is 32.2. The van der Waals surface area contributed by atoms with Crippen LogP contribution in [0.3, 0.4) is 0 Å². The van der Waals surface area contributed by atoms with Crippen LogP contribution in [-0.4, -0.2) is 77.9 Å². The molecule has 0 saturated carbocycles. The number of aliphatic carboxylic acids is 1. The normalized spacial score (nSPS) is 10.8. The topological polar surface area (TPSA) is 98.0 Å². The fraction of sp³-hybridized carbons (Fsp3) is 0.875. The lowest BCUT2D eigenvalue weighted by Gasteiger charge is -2.20. The van der Waals surface area contributed by atoms with Crippen molar-refractivity contribution >= 4 is 5.97 Å². The molecule has 0 aromatic heterocycles. The zero-order valence-electron chi connectivity index (χ0n) is 8.84. The molecule has 0 aliphatic heterocycles. The average molecular weight is 210 g/mol. The van der Waals surface area contributed by atoms with Gasteiger partial charge >= 0.3 is 5.97 Å². The second-order valence-electron chi connectivity index (χ2n) is 3.86. The maximum Gasteiger partial charge on any atom is 0.359 e. The molecular weight excluding hydrogens is 190 g/mol. The number of aliphatic hydroxyl groups is 3. The molecule has 0 spiro atoms. The Labute approximate surface area is 83.6 Å². The van der Waals surface area contributed by atoms with Crippen molar-refractivity contribution in [1.82, 2.24) is 0 Å². The number of carbonyl (C=O) groups is 1. The van der Waals surface area contributed by atoms with Crippen LogP contribution in [-0.2, 0) is 4.79 Å². The highest BCUT2D eigenvalue weighted by Crippen LogP contribution is 1.86. The van der Waals surface area contributed by atoms with E-state index in [1.807, 2.05) is 21.1 Å². The second kappa shape index (κ2) is 7.69. The van der Waals surface area contributed by atoms with E-state index in [2.05, 4.69) is 0 Å². The third-order valence-electron chi connectivity index (χ3n) is 1.03. The van der Waals surface area contributed by atoms with E-state index in [0.717, 1.165) is 0 Å². The first-order chi connectivity index (χ1) is 6.22. The van der Waals surface area contributed by atoms with Crippen LogP contribution in [0.1, 0.15) is 0 Å². The summed E-state index contributed by atoms with van der Waals surface area (Å²) in [6.45, 7) is -0.549. The molecular formula is C8H20NO5+. The lowest BCUT2D eigenvalue weighted by molar-refractivity contribution is -0.862. The van der Waals surface area contributed by atoms with E-state index in [1.54, 1.807) is 0 Å². The van der Waals surface area contributed by atoms with E-state index in [1.165, 1.54) is 0 Å². The monoisotopic (exact) mass is 210 g/mol. The molecule has 0 bridgehead atoms. The Hall–Kier alpha value is -0.690. The van der Waals surface area contributed by atoms with Crippen LogP contribution in [0.4, 0.5) is 0 Å². The number of hydrogen-bond acceptors (Lipinski definition) is 4. The number of aliphatic hydroxyl groups excluding tert-OH is 3. The Balaban J connectivity index is 0. The van der Waals surface area contributed by atoms with Gasteiger partial charge in [0.2, 0.25) is 0 Å². The molecule has 0 heterocycles. The number of nitrogens with zero attached hydrogens (tertiary/aromatic N) is 1. The van der Waals surface area contributed by atoms with Gasteiger partial charge in [0, 0.05) is 0 Å². The maximum atomic E-state index is 10.00. The molecule has 14 heavy (non-hydrogen) atoms. The minimum atomic E-state index is -0.954. The van der Waals surface area contributed by atoms with Gasteiger partial charge in [-0.3, -0.25) is 0 Å². The molecule has 0 aromatic carbocycles. The van der Waals surface area contributed by atoms with Gasteiger partial charge in [0.1, 0.15) is 6.10 Å². The number of likely N-dealkylation sites (N-methyl/N-ethyl adjacent to an activating group) is 1. The van der Waals surface area contributed by atoms with Gasteiger partial charge in [0.05, 0.1) is 34.4 Å². The third-order valence-corrected chi connectivity index (χ3v) is 1.03. The molecule has 6 heteroatoms. The minimum absolute atomic E-state index is 0.181. The van der Waals surface area contributed by atoms with E-state index in [-0.39, 0.29) is 19.8 Å². The summed E-state index contributed by atoms with van der Waals surface area (Å²) in [5.41, 5.74) is 0. The molecule has 0 saturated heterocycles. The fourth-order valence-corrected chi connectivity index (χ4v) is 0.464. The maximum absolute atomic E-state index is 10.00. The number of rotatable bonds is 4. The van der Waals surface area contributed by atoms with Crippen molar-refractivity contribution in [2.45, 2.75) is 6.10 Å². The number of carboxylic acid groups (broad SMARTS) is 1. The quantitative estimate of drug-likeness (QED) is 0.407.